The third kappa shape index (κ3) is 4.18. The zero-order valence-electron chi connectivity index (χ0n) is 14.5. The minimum atomic E-state index is 0.186. The lowest BCUT2D eigenvalue weighted by Crippen LogP contribution is -2.33. The average molecular weight is 343 g/mol. The molecule has 0 radical (unpaired) electrons. The van der Waals surface area contributed by atoms with Gasteiger partial charge in [0.25, 0.3) is 5.91 Å². The van der Waals surface area contributed by atoms with E-state index in [-0.39, 0.29) is 5.91 Å². The molecule has 4 heteroatoms. The molecule has 128 valence electrons. The van der Waals surface area contributed by atoms with Crippen molar-refractivity contribution in [2.45, 2.75) is 33.1 Å². The van der Waals surface area contributed by atoms with Crippen molar-refractivity contribution in [1.29, 1.82) is 0 Å². The van der Waals surface area contributed by atoms with Crippen molar-refractivity contribution >= 4 is 17.2 Å². The number of hydrogen-bond donors (Lipinski definition) is 0. The number of carbonyl (C=O) groups excluding carboxylic acids is 1. The second kappa shape index (κ2) is 7.84. The molecule has 1 aromatic carbocycles. The largest absolute Gasteiger partial charge is 0.494 e. The molecule has 0 aliphatic heterocycles. The molecule has 0 N–H and O–H groups in total. The Kier molecular flexibility index (Phi) is 5.56. The van der Waals surface area contributed by atoms with E-state index in [2.05, 4.69) is 25.1 Å². The number of ether oxygens (including phenoxy) is 1. The topological polar surface area (TPSA) is 29.5 Å². The average Bonchev–Trinajstić information content (AvgIpc) is 3.28. The molecule has 1 aliphatic carbocycles. The quantitative estimate of drug-likeness (QED) is 0.669. The molecule has 3 nitrogen and oxygen atoms in total. The van der Waals surface area contributed by atoms with Crippen LogP contribution in [0.5, 0.6) is 5.75 Å². The molecule has 0 spiro atoms. The van der Waals surface area contributed by atoms with Crippen molar-refractivity contribution < 1.29 is 9.53 Å². The maximum Gasteiger partial charge on any atom is 0.263 e. The highest BCUT2D eigenvalue weighted by Crippen LogP contribution is 2.33. The van der Waals surface area contributed by atoms with E-state index in [4.69, 9.17) is 4.74 Å². The van der Waals surface area contributed by atoms with E-state index in [1.807, 2.05) is 30.0 Å². The number of hydrogen-bond acceptors (Lipinski definition) is 3. The van der Waals surface area contributed by atoms with Gasteiger partial charge in [-0.25, -0.2) is 0 Å². The number of amides is 1. The van der Waals surface area contributed by atoms with E-state index in [0.717, 1.165) is 46.5 Å². The summed E-state index contributed by atoms with van der Waals surface area (Å²) in [6.07, 6.45) is 3.56. The SMILES string of the molecule is CCCN(CC1CC1)C(=O)c1ccc(-c2ccc(OCC)cc2)s1. The minimum Gasteiger partial charge on any atom is -0.494 e. The van der Waals surface area contributed by atoms with Crippen LogP contribution in [0.1, 0.15) is 42.8 Å². The smallest absolute Gasteiger partial charge is 0.263 e. The van der Waals surface area contributed by atoms with E-state index in [1.54, 1.807) is 11.3 Å². The molecule has 0 saturated heterocycles. The molecule has 2 aromatic rings. The fourth-order valence-electron chi connectivity index (χ4n) is 2.80. The van der Waals surface area contributed by atoms with Gasteiger partial charge in [-0.15, -0.1) is 11.3 Å². The van der Waals surface area contributed by atoms with E-state index >= 15 is 0 Å². The third-order valence-corrected chi connectivity index (χ3v) is 5.35. The van der Waals surface area contributed by atoms with Gasteiger partial charge in [0.15, 0.2) is 0 Å². The third-order valence-electron chi connectivity index (χ3n) is 4.22. The Balaban J connectivity index is 1.72. The molecule has 0 atom stereocenters. The second-order valence-corrected chi connectivity index (χ2v) is 7.40. The lowest BCUT2D eigenvalue weighted by Gasteiger charge is -2.21. The highest BCUT2D eigenvalue weighted by molar-refractivity contribution is 7.17. The summed E-state index contributed by atoms with van der Waals surface area (Å²) in [5, 5.41) is 0. The van der Waals surface area contributed by atoms with Crippen molar-refractivity contribution in [2.75, 3.05) is 19.7 Å². The molecule has 1 aromatic heterocycles. The van der Waals surface area contributed by atoms with Crippen LogP contribution in [0.15, 0.2) is 36.4 Å². The maximum atomic E-state index is 12.8. The van der Waals surface area contributed by atoms with Crippen molar-refractivity contribution in [3.63, 3.8) is 0 Å². The fourth-order valence-corrected chi connectivity index (χ4v) is 3.78. The van der Waals surface area contributed by atoms with Crippen LogP contribution in [0.2, 0.25) is 0 Å². The van der Waals surface area contributed by atoms with E-state index in [1.165, 1.54) is 12.8 Å². The van der Waals surface area contributed by atoms with Crippen molar-refractivity contribution in [3.05, 3.63) is 41.3 Å². The first-order valence-corrected chi connectivity index (χ1v) is 9.65. The maximum absolute atomic E-state index is 12.8. The second-order valence-electron chi connectivity index (χ2n) is 6.32. The standard InChI is InChI=1S/C20H25NO2S/c1-3-13-21(14-15-5-6-15)20(22)19-12-11-18(24-19)16-7-9-17(10-8-16)23-4-2/h7-12,15H,3-6,13-14H2,1-2H3. The molecular weight excluding hydrogens is 318 g/mol. The van der Waals surface area contributed by atoms with E-state index in [9.17, 15) is 4.79 Å². The van der Waals surface area contributed by atoms with Crippen LogP contribution in [0.3, 0.4) is 0 Å². The molecule has 0 bridgehead atoms. The monoisotopic (exact) mass is 343 g/mol. The van der Waals surface area contributed by atoms with Crippen LogP contribution in [0.25, 0.3) is 10.4 Å². The molecule has 24 heavy (non-hydrogen) atoms. The van der Waals surface area contributed by atoms with Crippen molar-refractivity contribution in [2.24, 2.45) is 5.92 Å². The van der Waals surface area contributed by atoms with Gasteiger partial charge in [0.2, 0.25) is 0 Å². The minimum absolute atomic E-state index is 0.186. The molecule has 1 heterocycles. The molecule has 1 saturated carbocycles. The van der Waals surface area contributed by atoms with Gasteiger partial charge in [-0.1, -0.05) is 6.92 Å². The molecular formula is C20H25NO2S. The highest BCUT2D eigenvalue weighted by atomic mass is 32.1. The van der Waals surface area contributed by atoms with Crippen LogP contribution in [-0.4, -0.2) is 30.5 Å². The van der Waals surface area contributed by atoms with Crippen LogP contribution in [0, 0.1) is 5.92 Å². The van der Waals surface area contributed by atoms with Gasteiger partial charge < -0.3 is 9.64 Å². The number of benzene rings is 1. The predicted molar refractivity (Wildman–Crippen MR) is 99.8 cm³/mol. The van der Waals surface area contributed by atoms with Gasteiger partial charge >= 0.3 is 0 Å². The Morgan fingerprint density at radius 3 is 2.54 bits per heavy atom. The molecule has 1 fully saturated rings. The van der Waals surface area contributed by atoms with Gasteiger partial charge in [0.1, 0.15) is 5.75 Å². The van der Waals surface area contributed by atoms with Gasteiger partial charge in [-0.2, -0.15) is 0 Å². The van der Waals surface area contributed by atoms with Crippen LogP contribution >= 0.6 is 11.3 Å². The first-order chi connectivity index (χ1) is 11.7. The lowest BCUT2D eigenvalue weighted by atomic mass is 10.2. The highest BCUT2D eigenvalue weighted by Gasteiger charge is 2.27. The Hall–Kier alpha value is -1.81. The van der Waals surface area contributed by atoms with Gasteiger partial charge in [0, 0.05) is 18.0 Å². The zero-order valence-corrected chi connectivity index (χ0v) is 15.3. The molecule has 0 unspecified atom stereocenters. The number of thiophene rings is 1. The molecule has 1 amide bonds. The number of carbonyl (C=O) groups is 1. The summed E-state index contributed by atoms with van der Waals surface area (Å²) in [7, 11) is 0. The Morgan fingerprint density at radius 2 is 1.92 bits per heavy atom. The van der Waals surface area contributed by atoms with Gasteiger partial charge in [-0.05, 0) is 74.1 Å². The van der Waals surface area contributed by atoms with Gasteiger partial charge in [0.05, 0.1) is 11.5 Å². The summed E-state index contributed by atoms with van der Waals surface area (Å²) in [6.45, 7) is 6.56. The summed E-state index contributed by atoms with van der Waals surface area (Å²) < 4.78 is 5.48. The lowest BCUT2D eigenvalue weighted by molar-refractivity contribution is 0.0752. The number of nitrogens with zero attached hydrogens (tertiary/aromatic N) is 1. The van der Waals surface area contributed by atoms with Crippen molar-refractivity contribution in [3.8, 4) is 16.2 Å². The van der Waals surface area contributed by atoms with Crippen LogP contribution < -0.4 is 4.74 Å². The first kappa shape index (κ1) is 17.0. The summed E-state index contributed by atoms with van der Waals surface area (Å²) in [5.74, 6) is 1.80. The van der Waals surface area contributed by atoms with Gasteiger partial charge in [-0.3, -0.25) is 4.79 Å². The normalized spacial score (nSPS) is 13.8. The Labute approximate surface area is 148 Å². The zero-order chi connectivity index (χ0) is 16.9. The fraction of sp³-hybridized carbons (Fsp3) is 0.450. The summed E-state index contributed by atoms with van der Waals surface area (Å²) in [4.78, 5) is 16.8. The predicted octanol–water partition coefficient (Wildman–Crippen LogP) is 5.08. The molecule has 3 rings (SSSR count). The summed E-state index contributed by atoms with van der Waals surface area (Å²) in [5.41, 5.74) is 1.13. The first-order valence-electron chi connectivity index (χ1n) is 8.83. The summed E-state index contributed by atoms with van der Waals surface area (Å²) in [6, 6.07) is 12.1. The van der Waals surface area contributed by atoms with E-state index < -0.39 is 0 Å². The summed E-state index contributed by atoms with van der Waals surface area (Å²) >= 11 is 1.58. The van der Waals surface area contributed by atoms with Crippen LogP contribution in [-0.2, 0) is 0 Å². The Morgan fingerprint density at radius 1 is 1.17 bits per heavy atom. The van der Waals surface area contributed by atoms with E-state index in [0.29, 0.717) is 6.61 Å². The van der Waals surface area contributed by atoms with Crippen LogP contribution in [0.4, 0.5) is 0 Å². The molecule has 1 aliphatic rings. The van der Waals surface area contributed by atoms with Crippen molar-refractivity contribution in [1.82, 2.24) is 4.90 Å². The number of rotatable bonds is 8. The Bertz CT molecular complexity index is 673.